The van der Waals surface area contributed by atoms with Crippen molar-refractivity contribution in [3.05, 3.63) is 102 Å². The van der Waals surface area contributed by atoms with Crippen molar-refractivity contribution in [2.45, 2.75) is 19.7 Å². The number of rotatable bonds is 7. The molecule has 3 aromatic carbocycles. The van der Waals surface area contributed by atoms with Crippen molar-refractivity contribution in [2.75, 3.05) is 0 Å². The summed E-state index contributed by atoms with van der Waals surface area (Å²) in [6.07, 6.45) is 0. The van der Waals surface area contributed by atoms with Gasteiger partial charge in [-0.25, -0.2) is 4.39 Å². The summed E-state index contributed by atoms with van der Waals surface area (Å²) in [5.41, 5.74) is 2.75. The molecule has 4 aromatic rings. The summed E-state index contributed by atoms with van der Waals surface area (Å²) in [4.78, 5) is 0. The summed E-state index contributed by atoms with van der Waals surface area (Å²) in [6.45, 7) is 1.61. The van der Waals surface area contributed by atoms with Gasteiger partial charge in [-0.1, -0.05) is 48.5 Å². The predicted octanol–water partition coefficient (Wildman–Crippen LogP) is 5.44. The number of fused-ring (bicyclic) bond motifs is 1. The topological polar surface area (TPSA) is 34.4 Å². The average molecular weight is 361 g/mol. The summed E-state index contributed by atoms with van der Waals surface area (Å²) in [6, 6.07) is 24.3. The van der Waals surface area contributed by atoms with E-state index in [0.29, 0.717) is 19.7 Å². The molecule has 3 nitrogen and oxygen atoms in total. The molecular formula is C23H20FNO2. The molecule has 0 saturated heterocycles. The van der Waals surface area contributed by atoms with Gasteiger partial charge in [0.25, 0.3) is 0 Å². The molecule has 1 heterocycles. The van der Waals surface area contributed by atoms with E-state index < -0.39 is 0 Å². The van der Waals surface area contributed by atoms with Gasteiger partial charge in [0.2, 0.25) is 0 Å². The van der Waals surface area contributed by atoms with E-state index in [-0.39, 0.29) is 5.82 Å². The fraction of sp³-hybridized carbons (Fsp3) is 0.130. The van der Waals surface area contributed by atoms with Gasteiger partial charge in [0, 0.05) is 17.5 Å². The third-order valence-corrected chi connectivity index (χ3v) is 4.35. The van der Waals surface area contributed by atoms with Crippen LogP contribution in [0.5, 0.6) is 5.75 Å². The molecule has 0 aliphatic heterocycles. The van der Waals surface area contributed by atoms with Gasteiger partial charge >= 0.3 is 0 Å². The molecule has 0 atom stereocenters. The number of para-hydroxylation sites is 2. The Labute approximate surface area is 157 Å². The zero-order valence-electron chi connectivity index (χ0n) is 14.8. The third kappa shape index (κ3) is 4.36. The Kier molecular flexibility index (Phi) is 5.17. The Morgan fingerprint density at radius 2 is 1.70 bits per heavy atom. The molecule has 0 aliphatic carbocycles. The van der Waals surface area contributed by atoms with Gasteiger partial charge in [-0.3, -0.25) is 0 Å². The molecule has 136 valence electrons. The lowest BCUT2D eigenvalue weighted by Crippen LogP contribution is -2.13. The van der Waals surface area contributed by atoms with Gasteiger partial charge in [-0.15, -0.1) is 0 Å². The number of hydrogen-bond donors (Lipinski definition) is 1. The predicted molar refractivity (Wildman–Crippen MR) is 104 cm³/mol. The first kappa shape index (κ1) is 17.3. The summed E-state index contributed by atoms with van der Waals surface area (Å²) in [5.74, 6) is 1.44. The van der Waals surface area contributed by atoms with Crippen LogP contribution in [-0.4, -0.2) is 0 Å². The lowest BCUT2D eigenvalue weighted by atomic mass is 10.2. The van der Waals surface area contributed by atoms with Crippen LogP contribution in [0.2, 0.25) is 0 Å². The fourth-order valence-electron chi connectivity index (χ4n) is 3.02. The van der Waals surface area contributed by atoms with Crippen LogP contribution in [0, 0.1) is 5.82 Å². The highest BCUT2D eigenvalue weighted by atomic mass is 19.1. The lowest BCUT2D eigenvalue weighted by molar-refractivity contribution is 0.301. The first-order valence-corrected chi connectivity index (χ1v) is 8.91. The number of benzene rings is 3. The molecule has 4 heteroatoms. The standard InChI is InChI=1S/C23H20FNO2/c24-20-9-5-6-17(12-20)16-26-22-10-3-2-8-19(22)14-25-15-21-13-18-7-1-4-11-23(18)27-21/h1-13,25H,14-16H2. The molecule has 1 aromatic heterocycles. The molecular weight excluding hydrogens is 341 g/mol. The van der Waals surface area contributed by atoms with Gasteiger partial charge in [0.05, 0.1) is 6.54 Å². The maximum Gasteiger partial charge on any atom is 0.134 e. The normalized spacial score (nSPS) is 11.0. The van der Waals surface area contributed by atoms with Gasteiger partial charge in [0.1, 0.15) is 29.5 Å². The van der Waals surface area contributed by atoms with Gasteiger partial charge in [-0.05, 0) is 35.9 Å². The Bertz CT molecular complexity index is 1010. The molecule has 27 heavy (non-hydrogen) atoms. The SMILES string of the molecule is Fc1cccc(COc2ccccc2CNCc2cc3ccccc3o2)c1. The fourth-order valence-corrected chi connectivity index (χ4v) is 3.02. The summed E-state index contributed by atoms with van der Waals surface area (Å²) < 4.78 is 25.0. The minimum Gasteiger partial charge on any atom is -0.489 e. The summed E-state index contributed by atoms with van der Waals surface area (Å²) in [7, 11) is 0. The molecule has 0 unspecified atom stereocenters. The van der Waals surface area contributed by atoms with Gasteiger partial charge in [0.15, 0.2) is 0 Å². The molecule has 4 rings (SSSR count). The van der Waals surface area contributed by atoms with Crippen LogP contribution in [-0.2, 0) is 19.7 Å². The Morgan fingerprint density at radius 3 is 2.59 bits per heavy atom. The van der Waals surface area contributed by atoms with Crippen LogP contribution in [0.1, 0.15) is 16.9 Å². The van der Waals surface area contributed by atoms with Crippen LogP contribution in [0.15, 0.2) is 83.3 Å². The maximum atomic E-state index is 13.3. The molecule has 0 aliphatic rings. The van der Waals surface area contributed by atoms with Crippen LogP contribution >= 0.6 is 0 Å². The molecule has 0 bridgehead atoms. The van der Waals surface area contributed by atoms with Crippen molar-refractivity contribution in [1.29, 1.82) is 0 Å². The van der Waals surface area contributed by atoms with E-state index in [1.54, 1.807) is 6.07 Å². The molecule has 0 radical (unpaired) electrons. The molecule has 0 amide bonds. The highest BCUT2D eigenvalue weighted by molar-refractivity contribution is 5.77. The van der Waals surface area contributed by atoms with E-state index in [2.05, 4.69) is 11.4 Å². The highest BCUT2D eigenvalue weighted by Crippen LogP contribution is 2.21. The molecule has 1 N–H and O–H groups in total. The Morgan fingerprint density at radius 1 is 0.852 bits per heavy atom. The lowest BCUT2D eigenvalue weighted by Gasteiger charge is -2.12. The molecule has 0 fully saturated rings. The van der Waals surface area contributed by atoms with Crippen molar-refractivity contribution in [2.24, 2.45) is 0 Å². The van der Waals surface area contributed by atoms with E-state index >= 15 is 0 Å². The monoisotopic (exact) mass is 361 g/mol. The van der Waals surface area contributed by atoms with Gasteiger partial charge in [-0.2, -0.15) is 0 Å². The molecule has 0 spiro atoms. The smallest absolute Gasteiger partial charge is 0.134 e. The number of ether oxygens (including phenoxy) is 1. The quantitative estimate of drug-likeness (QED) is 0.476. The van der Waals surface area contributed by atoms with Crippen molar-refractivity contribution in [1.82, 2.24) is 5.32 Å². The Hall–Kier alpha value is -3.11. The zero-order valence-corrected chi connectivity index (χ0v) is 14.8. The van der Waals surface area contributed by atoms with E-state index in [4.69, 9.17) is 9.15 Å². The van der Waals surface area contributed by atoms with Gasteiger partial charge < -0.3 is 14.5 Å². The van der Waals surface area contributed by atoms with Crippen molar-refractivity contribution >= 4 is 11.0 Å². The number of furan rings is 1. The van der Waals surface area contributed by atoms with Crippen molar-refractivity contribution < 1.29 is 13.5 Å². The number of nitrogens with one attached hydrogen (secondary N) is 1. The number of hydrogen-bond acceptors (Lipinski definition) is 3. The van der Waals surface area contributed by atoms with Crippen molar-refractivity contribution in [3.8, 4) is 5.75 Å². The van der Waals surface area contributed by atoms with E-state index in [9.17, 15) is 4.39 Å². The van der Waals surface area contributed by atoms with E-state index in [1.807, 2.05) is 54.6 Å². The molecule has 0 saturated carbocycles. The third-order valence-electron chi connectivity index (χ3n) is 4.35. The van der Waals surface area contributed by atoms with E-state index in [0.717, 1.165) is 33.6 Å². The van der Waals surface area contributed by atoms with Crippen LogP contribution < -0.4 is 10.1 Å². The largest absolute Gasteiger partial charge is 0.489 e. The Balaban J connectivity index is 1.37. The van der Waals surface area contributed by atoms with Crippen LogP contribution in [0.25, 0.3) is 11.0 Å². The summed E-state index contributed by atoms with van der Waals surface area (Å²) in [5, 5.41) is 4.50. The highest BCUT2D eigenvalue weighted by Gasteiger charge is 2.06. The number of halogens is 1. The van der Waals surface area contributed by atoms with Crippen molar-refractivity contribution in [3.63, 3.8) is 0 Å². The second-order valence-electron chi connectivity index (χ2n) is 6.38. The van der Waals surface area contributed by atoms with E-state index in [1.165, 1.54) is 12.1 Å². The average Bonchev–Trinajstić information content (AvgIpc) is 3.10. The second-order valence-corrected chi connectivity index (χ2v) is 6.38. The van der Waals surface area contributed by atoms with Crippen LogP contribution in [0.3, 0.4) is 0 Å². The minimum absolute atomic E-state index is 0.253. The first-order valence-electron chi connectivity index (χ1n) is 8.91. The zero-order chi connectivity index (χ0) is 18.5. The first-order chi connectivity index (χ1) is 13.3. The second kappa shape index (κ2) is 8.06. The maximum absolute atomic E-state index is 13.3. The minimum atomic E-state index is -0.253. The summed E-state index contributed by atoms with van der Waals surface area (Å²) >= 11 is 0. The van der Waals surface area contributed by atoms with Crippen LogP contribution in [0.4, 0.5) is 4.39 Å².